The van der Waals surface area contributed by atoms with Gasteiger partial charge in [-0.1, -0.05) is 66.7 Å². The van der Waals surface area contributed by atoms with Crippen LogP contribution in [0.15, 0.2) is 133 Å². The lowest BCUT2D eigenvalue weighted by Gasteiger charge is -2.34. The summed E-state index contributed by atoms with van der Waals surface area (Å²) in [7, 11) is 0. The van der Waals surface area contributed by atoms with E-state index in [0.717, 1.165) is 45.7 Å². The SMILES string of the molecule is C1=CN=C(N2c3cc4c(cc3-c3cccc5cccc2c35)c2cc(-c3ccccc3)ccc2n4-c2ncccn2)NC1. The third kappa shape index (κ3) is 3.29. The molecule has 0 amide bonds. The molecule has 0 saturated heterocycles. The first-order valence-electron chi connectivity index (χ1n) is 14.1. The first kappa shape index (κ1) is 23.0. The van der Waals surface area contributed by atoms with E-state index in [1.165, 1.54) is 33.0 Å². The van der Waals surface area contributed by atoms with Crippen LogP contribution < -0.4 is 10.2 Å². The highest BCUT2D eigenvalue weighted by atomic mass is 15.3. The normalized spacial score (nSPS) is 13.8. The highest BCUT2D eigenvalue weighted by Crippen LogP contribution is 2.50. The summed E-state index contributed by atoms with van der Waals surface area (Å²) >= 11 is 0. The van der Waals surface area contributed by atoms with Crippen LogP contribution in [0.25, 0.3) is 60.8 Å². The summed E-state index contributed by atoms with van der Waals surface area (Å²) < 4.78 is 2.18. The summed E-state index contributed by atoms with van der Waals surface area (Å²) in [4.78, 5) is 16.4. The Morgan fingerprint density at radius 3 is 2.31 bits per heavy atom. The summed E-state index contributed by atoms with van der Waals surface area (Å²) in [6.45, 7) is 0.727. The first-order valence-corrected chi connectivity index (χ1v) is 14.1. The Hall–Kier alpha value is -5.75. The molecule has 0 atom stereocenters. The summed E-state index contributed by atoms with van der Waals surface area (Å²) in [6.07, 6.45) is 7.51. The number of fused-ring (bicyclic) bond motifs is 5. The van der Waals surface area contributed by atoms with Gasteiger partial charge in [-0.15, -0.1) is 0 Å². The molecule has 2 aromatic heterocycles. The zero-order chi connectivity index (χ0) is 27.6. The van der Waals surface area contributed by atoms with E-state index in [0.29, 0.717) is 5.95 Å². The van der Waals surface area contributed by atoms with Crippen LogP contribution in [0.4, 0.5) is 11.4 Å². The number of hydrogen-bond donors (Lipinski definition) is 1. The molecule has 0 fully saturated rings. The lowest BCUT2D eigenvalue weighted by Crippen LogP contribution is -2.40. The molecular formula is C36H24N6. The Bertz CT molecular complexity index is 2240. The van der Waals surface area contributed by atoms with Crippen LogP contribution in [0.5, 0.6) is 0 Å². The van der Waals surface area contributed by atoms with Crippen molar-refractivity contribution in [3.8, 4) is 28.2 Å². The van der Waals surface area contributed by atoms with Crippen molar-refractivity contribution in [3.05, 3.63) is 128 Å². The van der Waals surface area contributed by atoms with E-state index < -0.39 is 0 Å². The van der Waals surface area contributed by atoms with Gasteiger partial charge in [-0.25, -0.2) is 15.0 Å². The van der Waals surface area contributed by atoms with Crippen LogP contribution in [0, 0.1) is 0 Å². The van der Waals surface area contributed by atoms with E-state index in [-0.39, 0.29) is 0 Å². The molecule has 7 aromatic rings. The number of aliphatic imine (C=N–C) groups is 1. The van der Waals surface area contributed by atoms with Crippen LogP contribution in [0.2, 0.25) is 0 Å². The topological polar surface area (TPSA) is 58.3 Å². The quantitative estimate of drug-likeness (QED) is 0.242. The van der Waals surface area contributed by atoms with Crippen molar-refractivity contribution in [2.45, 2.75) is 0 Å². The van der Waals surface area contributed by atoms with Crippen LogP contribution in [-0.2, 0) is 0 Å². The molecule has 2 aliphatic rings. The van der Waals surface area contributed by atoms with Gasteiger partial charge in [-0.3, -0.25) is 9.47 Å². The molecule has 9 rings (SSSR count). The smallest absolute Gasteiger partial charge is 0.234 e. The molecule has 0 radical (unpaired) electrons. The maximum atomic E-state index is 4.78. The molecule has 6 nitrogen and oxygen atoms in total. The minimum Gasteiger partial charge on any atom is -0.352 e. The first-order chi connectivity index (χ1) is 20.8. The van der Waals surface area contributed by atoms with Gasteiger partial charge in [0.25, 0.3) is 0 Å². The fourth-order valence-corrected chi connectivity index (χ4v) is 6.49. The van der Waals surface area contributed by atoms with Crippen molar-refractivity contribution in [2.24, 2.45) is 4.99 Å². The number of hydrogen-bond acceptors (Lipinski definition) is 5. The Kier molecular flexibility index (Phi) is 4.86. The molecule has 0 spiro atoms. The van der Waals surface area contributed by atoms with Gasteiger partial charge in [0, 0.05) is 46.9 Å². The predicted molar refractivity (Wildman–Crippen MR) is 171 cm³/mol. The van der Waals surface area contributed by atoms with Gasteiger partial charge in [0.05, 0.1) is 22.4 Å². The van der Waals surface area contributed by atoms with Crippen molar-refractivity contribution in [3.63, 3.8) is 0 Å². The van der Waals surface area contributed by atoms with Crippen LogP contribution in [0.1, 0.15) is 0 Å². The average Bonchev–Trinajstić information content (AvgIpc) is 3.38. The van der Waals surface area contributed by atoms with E-state index in [4.69, 9.17) is 4.99 Å². The van der Waals surface area contributed by atoms with Crippen LogP contribution in [-0.4, -0.2) is 27.0 Å². The van der Waals surface area contributed by atoms with Crippen molar-refractivity contribution in [1.29, 1.82) is 0 Å². The standard InChI is InChI=1S/C36H24N6/c1-2-8-23(9-3-1)25-14-15-30-27(20-25)29-21-28-26-12-4-10-24-11-5-13-31(34(24)26)42(36-39-18-7-19-40-36)32(28)22-33(29)41(30)35-37-16-6-17-38-35/h1-18,20-22H,19H2,(H,39,40). The molecule has 1 N–H and O–H groups in total. The number of guanidine groups is 1. The zero-order valence-electron chi connectivity index (χ0n) is 22.6. The second-order valence-electron chi connectivity index (χ2n) is 10.6. The Morgan fingerprint density at radius 1 is 0.643 bits per heavy atom. The molecule has 0 aliphatic carbocycles. The second-order valence-corrected chi connectivity index (χ2v) is 10.6. The van der Waals surface area contributed by atoms with E-state index in [9.17, 15) is 0 Å². The third-order valence-corrected chi connectivity index (χ3v) is 8.29. The molecule has 6 heteroatoms. The minimum atomic E-state index is 0.644. The maximum Gasteiger partial charge on any atom is 0.234 e. The number of benzene rings is 5. The zero-order valence-corrected chi connectivity index (χ0v) is 22.6. The second kappa shape index (κ2) is 8.88. The van der Waals surface area contributed by atoms with Crippen molar-refractivity contribution in [2.75, 3.05) is 11.4 Å². The molecule has 0 unspecified atom stereocenters. The minimum absolute atomic E-state index is 0.644. The van der Waals surface area contributed by atoms with Gasteiger partial charge >= 0.3 is 0 Å². The number of aromatic nitrogens is 3. The average molecular weight is 541 g/mol. The summed E-state index contributed by atoms with van der Waals surface area (Å²) in [5.41, 5.74) is 9.05. The number of nitrogens with zero attached hydrogens (tertiary/aromatic N) is 5. The molecule has 2 aliphatic heterocycles. The van der Waals surface area contributed by atoms with Gasteiger partial charge in [-0.05, 0) is 64.6 Å². The van der Waals surface area contributed by atoms with Crippen molar-refractivity contribution in [1.82, 2.24) is 19.9 Å². The molecule has 42 heavy (non-hydrogen) atoms. The summed E-state index contributed by atoms with van der Waals surface area (Å²) in [6, 6.07) is 36.8. The highest BCUT2D eigenvalue weighted by Gasteiger charge is 2.30. The number of nitrogens with one attached hydrogen (secondary N) is 1. The van der Waals surface area contributed by atoms with Crippen LogP contribution in [0.3, 0.4) is 0 Å². The van der Waals surface area contributed by atoms with Gasteiger partial charge in [0.1, 0.15) is 0 Å². The largest absolute Gasteiger partial charge is 0.352 e. The van der Waals surface area contributed by atoms with Crippen molar-refractivity contribution >= 4 is 49.9 Å². The molecule has 5 aromatic carbocycles. The van der Waals surface area contributed by atoms with E-state index in [1.807, 2.05) is 18.3 Å². The lowest BCUT2D eigenvalue weighted by atomic mass is 9.90. The third-order valence-electron chi connectivity index (χ3n) is 8.29. The molecule has 198 valence electrons. The maximum absolute atomic E-state index is 4.78. The highest BCUT2D eigenvalue weighted by molar-refractivity contribution is 6.23. The van der Waals surface area contributed by atoms with Crippen molar-refractivity contribution < 1.29 is 0 Å². The van der Waals surface area contributed by atoms with Gasteiger partial charge in [-0.2, -0.15) is 0 Å². The molecular weight excluding hydrogens is 516 g/mol. The molecule has 0 bridgehead atoms. The fraction of sp³-hybridized carbons (Fsp3) is 0.0278. The lowest BCUT2D eigenvalue weighted by molar-refractivity contribution is 0.978. The monoisotopic (exact) mass is 540 g/mol. The predicted octanol–water partition coefficient (Wildman–Crippen LogP) is 7.99. The Labute approximate surface area is 241 Å². The van der Waals surface area contributed by atoms with Gasteiger partial charge in [0.2, 0.25) is 11.9 Å². The van der Waals surface area contributed by atoms with E-state index in [1.54, 1.807) is 12.4 Å². The van der Waals surface area contributed by atoms with Crippen LogP contribution >= 0.6 is 0 Å². The van der Waals surface area contributed by atoms with E-state index >= 15 is 0 Å². The summed E-state index contributed by atoms with van der Waals surface area (Å²) in [5, 5.41) is 8.26. The number of anilines is 2. The Morgan fingerprint density at radius 2 is 1.48 bits per heavy atom. The summed E-state index contributed by atoms with van der Waals surface area (Å²) in [5.74, 6) is 1.45. The van der Waals surface area contributed by atoms with Gasteiger partial charge in [0.15, 0.2) is 0 Å². The Balaban J connectivity index is 1.42. The van der Waals surface area contributed by atoms with Gasteiger partial charge < -0.3 is 5.32 Å². The van der Waals surface area contributed by atoms with E-state index in [2.05, 4.69) is 122 Å². The molecule has 4 heterocycles. The molecule has 0 saturated carbocycles. The fourth-order valence-electron chi connectivity index (χ4n) is 6.49. The number of rotatable bonds is 2.